The number of carbonyl (C=O) groups is 1. The Morgan fingerprint density at radius 1 is 1.54 bits per heavy atom. The van der Waals surface area contributed by atoms with Gasteiger partial charge in [-0.05, 0) is 37.8 Å². The SMILES string of the molecule is CC(CN)(NC(=O)CCOc1ccc(Cl)cc1[N+](=O)[O-])C1CC1.Cl. The van der Waals surface area contributed by atoms with Crippen molar-refractivity contribution in [1.29, 1.82) is 0 Å². The standard InChI is InChI=1S/C15H20ClN3O4.ClH/c1-15(9-17,10-2-3-10)18-14(20)6-7-23-13-5-4-11(16)8-12(13)19(21)22;/h4-5,8,10H,2-3,6-7,9,17H2,1H3,(H,18,20);1H. The van der Waals surface area contributed by atoms with Crippen LogP contribution in [-0.2, 0) is 4.79 Å². The predicted octanol–water partition coefficient (Wildman–Crippen LogP) is 2.68. The number of hydrogen-bond acceptors (Lipinski definition) is 5. The molecule has 134 valence electrons. The lowest BCUT2D eigenvalue weighted by atomic mass is 9.96. The Kier molecular flexibility index (Phi) is 7.26. The third-order valence-electron chi connectivity index (χ3n) is 4.03. The summed E-state index contributed by atoms with van der Waals surface area (Å²) in [4.78, 5) is 22.4. The zero-order valence-electron chi connectivity index (χ0n) is 13.3. The minimum atomic E-state index is -0.570. The Morgan fingerprint density at radius 3 is 2.75 bits per heavy atom. The first-order chi connectivity index (χ1) is 10.9. The molecule has 1 aromatic rings. The van der Waals surface area contributed by atoms with E-state index in [1.807, 2.05) is 6.92 Å². The maximum absolute atomic E-state index is 12.0. The van der Waals surface area contributed by atoms with Gasteiger partial charge in [-0.25, -0.2) is 0 Å². The fourth-order valence-electron chi connectivity index (χ4n) is 2.43. The summed E-state index contributed by atoms with van der Waals surface area (Å²) in [5, 5.41) is 14.1. The molecule has 7 nitrogen and oxygen atoms in total. The fourth-order valence-corrected chi connectivity index (χ4v) is 2.60. The van der Waals surface area contributed by atoms with Gasteiger partial charge in [0.05, 0.1) is 23.5 Å². The van der Waals surface area contributed by atoms with Crippen molar-refractivity contribution in [3.63, 3.8) is 0 Å². The number of nitrogens with two attached hydrogens (primary N) is 1. The molecule has 1 aliphatic rings. The zero-order valence-corrected chi connectivity index (χ0v) is 14.9. The fraction of sp³-hybridized carbons (Fsp3) is 0.533. The highest BCUT2D eigenvalue weighted by atomic mass is 35.5. The van der Waals surface area contributed by atoms with E-state index in [1.54, 1.807) is 0 Å². The van der Waals surface area contributed by atoms with Crippen molar-refractivity contribution < 1.29 is 14.5 Å². The summed E-state index contributed by atoms with van der Waals surface area (Å²) in [5.41, 5.74) is 5.14. The molecule has 0 spiro atoms. The van der Waals surface area contributed by atoms with Crippen molar-refractivity contribution >= 4 is 35.6 Å². The normalized spacial score (nSPS) is 15.8. The second-order valence-electron chi connectivity index (χ2n) is 5.91. The highest BCUT2D eigenvalue weighted by molar-refractivity contribution is 6.30. The van der Waals surface area contributed by atoms with Crippen LogP contribution in [0.2, 0.25) is 5.02 Å². The maximum atomic E-state index is 12.0. The first-order valence-corrected chi connectivity index (χ1v) is 7.81. The van der Waals surface area contributed by atoms with E-state index in [4.69, 9.17) is 22.1 Å². The zero-order chi connectivity index (χ0) is 17.0. The number of halogens is 2. The number of nitro groups is 1. The molecule has 1 aliphatic carbocycles. The van der Waals surface area contributed by atoms with E-state index in [-0.39, 0.29) is 53.3 Å². The van der Waals surface area contributed by atoms with Gasteiger partial charge in [0.1, 0.15) is 0 Å². The van der Waals surface area contributed by atoms with Crippen LogP contribution < -0.4 is 15.8 Å². The molecule has 2 rings (SSSR count). The molecule has 0 saturated heterocycles. The van der Waals surface area contributed by atoms with E-state index in [2.05, 4.69) is 5.32 Å². The summed E-state index contributed by atoms with van der Waals surface area (Å²) in [6, 6.07) is 4.14. The Balaban J connectivity index is 0.00000288. The van der Waals surface area contributed by atoms with Crippen LogP contribution in [0.4, 0.5) is 5.69 Å². The van der Waals surface area contributed by atoms with Crippen LogP contribution in [-0.4, -0.2) is 29.5 Å². The second kappa shape index (κ2) is 8.50. The van der Waals surface area contributed by atoms with Crippen LogP contribution in [0.3, 0.4) is 0 Å². The van der Waals surface area contributed by atoms with Crippen molar-refractivity contribution in [2.24, 2.45) is 11.7 Å². The molecule has 1 saturated carbocycles. The van der Waals surface area contributed by atoms with Crippen LogP contribution >= 0.6 is 24.0 Å². The monoisotopic (exact) mass is 377 g/mol. The molecule has 1 amide bonds. The van der Waals surface area contributed by atoms with Crippen LogP contribution in [0.15, 0.2) is 18.2 Å². The molecule has 1 unspecified atom stereocenters. The van der Waals surface area contributed by atoms with Crippen LogP contribution in [0.5, 0.6) is 5.75 Å². The van der Waals surface area contributed by atoms with E-state index in [0.29, 0.717) is 12.5 Å². The molecule has 1 atom stereocenters. The molecule has 0 bridgehead atoms. The number of nitrogens with one attached hydrogen (secondary N) is 1. The third-order valence-corrected chi connectivity index (χ3v) is 4.27. The number of rotatable bonds is 8. The van der Waals surface area contributed by atoms with Crippen molar-refractivity contribution in [2.75, 3.05) is 13.2 Å². The molecular formula is C15H21Cl2N3O4. The van der Waals surface area contributed by atoms with E-state index < -0.39 is 4.92 Å². The lowest BCUT2D eigenvalue weighted by molar-refractivity contribution is -0.385. The lowest BCUT2D eigenvalue weighted by Gasteiger charge is -2.29. The quantitative estimate of drug-likeness (QED) is 0.534. The average molecular weight is 378 g/mol. The van der Waals surface area contributed by atoms with Crippen molar-refractivity contribution in [3.05, 3.63) is 33.3 Å². The molecule has 0 radical (unpaired) electrons. The van der Waals surface area contributed by atoms with Gasteiger partial charge in [-0.3, -0.25) is 14.9 Å². The van der Waals surface area contributed by atoms with E-state index in [1.165, 1.54) is 18.2 Å². The van der Waals surface area contributed by atoms with Crippen molar-refractivity contribution in [2.45, 2.75) is 31.7 Å². The molecule has 1 aromatic carbocycles. The minimum absolute atomic E-state index is 0. The summed E-state index contributed by atoms with van der Waals surface area (Å²) >= 11 is 5.73. The first kappa shape index (κ1) is 20.5. The van der Waals surface area contributed by atoms with Gasteiger partial charge >= 0.3 is 5.69 Å². The predicted molar refractivity (Wildman–Crippen MR) is 93.8 cm³/mol. The Hall–Kier alpha value is -1.57. The molecule has 9 heteroatoms. The van der Waals surface area contributed by atoms with E-state index in [0.717, 1.165) is 12.8 Å². The van der Waals surface area contributed by atoms with Gasteiger partial charge in [0.15, 0.2) is 5.75 Å². The van der Waals surface area contributed by atoms with Gasteiger partial charge in [0.2, 0.25) is 5.91 Å². The molecule has 1 fully saturated rings. The van der Waals surface area contributed by atoms with Gasteiger partial charge in [-0.1, -0.05) is 11.6 Å². The molecule has 0 heterocycles. The van der Waals surface area contributed by atoms with Gasteiger partial charge in [-0.15, -0.1) is 12.4 Å². The smallest absolute Gasteiger partial charge is 0.312 e. The van der Waals surface area contributed by atoms with Gasteiger partial charge in [0.25, 0.3) is 0 Å². The highest BCUT2D eigenvalue weighted by Crippen LogP contribution is 2.39. The summed E-state index contributed by atoms with van der Waals surface area (Å²) in [7, 11) is 0. The topological polar surface area (TPSA) is 107 Å². The van der Waals surface area contributed by atoms with Crippen LogP contribution in [0, 0.1) is 16.0 Å². The molecule has 0 aliphatic heterocycles. The Bertz CT molecular complexity index is 610. The summed E-state index contributed by atoms with van der Waals surface area (Å²) < 4.78 is 5.36. The molecule has 3 N–H and O–H groups in total. The second-order valence-corrected chi connectivity index (χ2v) is 6.35. The Labute approximate surface area is 151 Å². The summed E-state index contributed by atoms with van der Waals surface area (Å²) in [6.45, 7) is 2.36. The van der Waals surface area contributed by atoms with E-state index in [9.17, 15) is 14.9 Å². The Morgan fingerprint density at radius 2 is 2.21 bits per heavy atom. The minimum Gasteiger partial charge on any atom is -0.486 e. The van der Waals surface area contributed by atoms with E-state index >= 15 is 0 Å². The first-order valence-electron chi connectivity index (χ1n) is 7.43. The number of ether oxygens (including phenoxy) is 1. The lowest BCUT2D eigenvalue weighted by Crippen LogP contribution is -2.53. The number of nitro benzene ring substituents is 1. The summed E-state index contributed by atoms with van der Waals surface area (Å²) in [5.74, 6) is 0.340. The number of benzene rings is 1. The molecular weight excluding hydrogens is 357 g/mol. The van der Waals surface area contributed by atoms with Crippen molar-refractivity contribution in [3.8, 4) is 5.75 Å². The number of hydrogen-bond donors (Lipinski definition) is 2. The number of carbonyl (C=O) groups excluding carboxylic acids is 1. The highest BCUT2D eigenvalue weighted by Gasteiger charge is 2.41. The summed E-state index contributed by atoms with van der Waals surface area (Å²) in [6.07, 6.45) is 2.24. The number of nitrogens with zero attached hydrogens (tertiary/aromatic N) is 1. The third kappa shape index (κ3) is 5.22. The molecule has 0 aromatic heterocycles. The van der Waals surface area contributed by atoms with Crippen LogP contribution in [0.25, 0.3) is 0 Å². The van der Waals surface area contributed by atoms with Gasteiger partial charge < -0.3 is 15.8 Å². The average Bonchev–Trinajstić information content (AvgIpc) is 3.33. The van der Waals surface area contributed by atoms with Crippen LogP contribution in [0.1, 0.15) is 26.2 Å². The largest absolute Gasteiger partial charge is 0.486 e. The van der Waals surface area contributed by atoms with Gasteiger partial charge in [0, 0.05) is 17.6 Å². The molecule has 24 heavy (non-hydrogen) atoms. The number of amides is 1. The van der Waals surface area contributed by atoms with Gasteiger partial charge in [-0.2, -0.15) is 0 Å². The van der Waals surface area contributed by atoms with Crippen molar-refractivity contribution in [1.82, 2.24) is 5.32 Å². The maximum Gasteiger partial charge on any atom is 0.312 e.